The average Bonchev–Trinajstić information content (AvgIpc) is 2.72. The van der Waals surface area contributed by atoms with E-state index in [1.165, 1.54) is 25.0 Å². The molecular formula is C11H21N3OS. The van der Waals surface area contributed by atoms with Gasteiger partial charge in [0.25, 0.3) is 0 Å². The van der Waals surface area contributed by atoms with Gasteiger partial charge in [-0.25, -0.2) is 4.79 Å². The van der Waals surface area contributed by atoms with Crippen LogP contribution in [0.15, 0.2) is 0 Å². The smallest absolute Gasteiger partial charge is 0.317 e. The Kier molecular flexibility index (Phi) is 4.78. The van der Waals surface area contributed by atoms with Crippen LogP contribution < -0.4 is 10.6 Å². The van der Waals surface area contributed by atoms with Gasteiger partial charge in [0.15, 0.2) is 0 Å². The van der Waals surface area contributed by atoms with Crippen molar-refractivity contribution in [2.45, 2.75) is 24.5 Å². The van der Waals surface area contributed by atoms with Crippen molar-refractivity contribution in [3.63, 3.8) is 0 Å². The van der Waals surface area contributed by atoms with Crippen molar-refractivity contribution < 1.29 is 4.79 Å². The molecule has 2 heterocycles. The first kappa shape index (κ1) is 12.0. The molecule has 2 N–H and O–H groups in total. The van der Waals surface area contributed by atoms with Crippen LogP contribution in [0.2, 0.25) is 0 Å². The van der Waals surface area contributed by atoms with Crippen LogP contribution in [0.3, 0.4) is 0 Å². The van der Waals surface area contributed by atoms with Crippen LogP contribution in [0, 0.1) is 0 Å². The molecule has 2 aliphatic heterocycles. The topological polar surface area (TPSA) is 44.4 Å². The first-order chi connectivity index (χ1) is 7.86. The van der Waals surface area contributed by atoms with Crippen LogP contribution in [0.4, 0.5) is 4.79 Å². The quantitative estimate of drug-likeness (QED) is 0.705. The number of amides is 2. The van der Waals surface area contributed by atoms with E-state index in [1.807, 2.05) is 4.90 Å². The summed E-state index contributed by atoms with van der Waals surface area (Å²) in [5, 5.41) is 7.07. The van der Waals surface area contributed by atoms with Crippen molar-refractivity contribution >= 4 is 17.8 Å². The third kappa shape index (κ3) is 3.56. The van der Waals surface area contributed by atoms with Crippen LogP contribution in [0.5, 0.6) is 0 Å². The van der Waals surface area contributed by atoms with Gasteiger partial charge in [-0.3, -0.25) is 0 Å². The monoisotopic (exact) mass is 243 g/mol. The lowest BCUT2D eigenvalue weighted by Gasteiger charge is -2.22. The molecule has 0 radical (unpaired) electrons. The van der Waals surface area contributed by atoms with Crippen molar-refractivity contribution in [2.75, 3.05) is 38.5 Å². The summed E-state index contributed by atoms with van der Waals surface area (Å²) in [6, 6.07) is 0.0915. The molecule has 2 rings (SSSR count). The van der Waals surface area contributed by atoms with Gasteiger partial charge in [-0.2, -0.15) is 11.8 Å². The summed E-state index contributed by atoms with van der Waals surface area (Å²) in [5.41, 5.74) is 0. The Hall–Kier alpha value is -0.420. The molecule has 1 unspecified atom stereocenters. The SMILES string of the molecule is O=C1NCCN1CCNCC1CCCCS1. The molecule has 4 nitrogen and oxygen atoms in total. The zero-order valence-corrected chi connectivity index (χ0v) is 10.5. The molecule has 16 heavy (non-hydrogen) atoms. The van der Waals surface area contributed by atoms with Crippen LogP contribution >= 0.6 is 11.8 Å². The van der Waals surface area contributed by atoms with Gasteiger partial charge in [0.1, 0.15) is 0 Å². The molecule has 5 heteroatoms. The van der Waals surface area contributed by atoms with Crippen molar-refractivity contribution in [3.8, 4) is 0 Å². The van der Waals surface area contributed by atoms with Crippen molar-refractivity contribution in [3.05, 3.63) is 0 Å². The van der Waals surface area contributed by atoms with Gasteiger partial charge in [0.2, 0.25) is 0 Å². The second-order valence-electron chi connectivity index (χ2n) is 4.41. The van der Waals surface area contributed by atoms with Crippen LogP contribution in [0.25, 0.3) is 0 Å². The molecule has 0 bridgehead atoms. The van der Waals surface area contributed by atoms with E-state index < -0.39 is 0 Å². The third-order valence-electron chi connectivity index (χ3n) is 3.15. The number of rotatable bonds is 5. The van der Waals surface area contributed by atoms with E-state index in [-0.39, 0.29) is 6.03 Å². The molecule has 0 aliphatic carbocycles. The second-order valence-corrected chi connectivity index (χ2v) is 5.82. The molecule has 2 fully saturated rings. The van der Waals surface area contributed by atoms with Gasteiger partial charge in [0.05, 0.1) is 0 Å². The molecule has 0 aromatic carbocycles. The van der Waals surface area contributed by atoms with E-state index in [0.29, 0.717) is 0 Å². The van der Waals surface area contributed by atoms with E-state index in [0.717, 1.165) is 38.0 Å². The lowest BCUT2D eigenvalue weighted by molar-refractivity contribution is 0.217. The Balaban J connectivity index is 1.52. The lowest BCUT2D eigenvalue weighted by atomic mass is 10.2. The Morgan fingerprint density at radius 2 is 2.44 bits per heavy atom. The summed E-state index contributed by atoms with van der Waals surface area (Å²) in [6.07, 6.45) is 4.12. The minimum Gasteiger partial charge on any atom is -0.336 e. The molecule has 0 spiro atoms. The highest BCUT2D eigenvalue weighted by Gasteiger charge is 2.18. The van der Waals surface area contributed by atoms with Crippen molar-refractivity contribution in [2.24, 2.45) is 0 Å². The van der Waals surface area contributed by atoms with Crippen LogP contribution in [-0.2, 0) is 0 Å². The predicted molar refractivity (Wildman–Crippen MR) is 67.9 cm³/mol. The number of carbonyl (C=O) groups excluding carboxylic acids is 1. The van der Waals surface area contributed by atoms with Crippen LogP contribution in [-0.4, -0.2) is 54.7 Å². The van der Waals surface area contributed by atoms with Gasteiger partial charge in [-0.1, -0.05) is 6.42 Å². The van der Waals surface area contributed by atoms with Gasteiger partial charge < -0.3 is 15.5 Å². The fraction of sp³-hybridized carbons (Fsp3) is 0.909. The first-order valence-electron chi connectivity index (χ1n) is 6.21. The molecule has 1 atom stereocenters. The molecule has 92 valence electrons. The molecule has 2 saturated heterocycles. The number of carbonyl (C=O) groups is 1. The highest BCUT2D eigenvalue weighted by Crippen LogP contribution is 2.24. The van der Waals surface area contributed by atoms with E-state index in [2.05, 4.69) is 22.4 Å². The zero-order valence-electron chi connectivity index (χ0n) is 9.71. The molecule has 0 aromatic rings. The number of thioether (sulfide) groups is 1. The highest BCUT2D eigenvalue weighted by atomic mass is 32.2. The summed E-state index contributed by atoms with van der Waals surface area (Å²) in [7, 11) is 0. The highest BCUT2D eigenvalue weighted by molar-refractivity contribution is 7.99. The Morgan fingerprint density at radius 1 is 1.50 bits per heavy atom. The molecule has 0 aromatic heterocycles. The minimum atomic E-state index is 0.0915. The second kappa shape index (κ2) is 6.35. The minimum absolute atomic E-state index is 0.0915. The summed E-state index contributed by atoms with van der Waals surface area (Å²) in [5.74, 6) is 1.32. The average molecular weight is 243 g/mol. The summed E-state index contributed by atoms with van der Waals surface area (Å²) < 4.78 is 0. The van der Waals surface area contributed by atoms with Gasteiger partial charge in [-0.05, 0) is 18.6 Å². The predicted octanol–water partition coefficient (Wildman–Crippen LogP) is 0.887. The molecule has 2 amide bonds. The number of hydrogen-bond acceptors (Lipinski definition) is 3. The number of nitrogens with one attached hydrogen (secondary N) is 2. The molecular weight excluding hydrogens is 222 g/mol. The van der Waals surface area contributed by atoms with E-state index in [4.69, 9.17) is 0 Å². The van der Waals surface area contributed by atoms with Gasteiger partial charge in [0, 0.05) is 38.0 Å². The maximum atomic E-state index is 11.3. The maximum Gasteiger partial charge on any atom is 0.317 e. The molecule has 0 saturated carbocycles. The Bertz CT molecular complexity index is 231. The van der Waals surface area contributed by atoms with E-state index in [1.54, 1.807) is 0 Å². The first-order valence-corrected chi connectivity index (χ1v) is 7.26. The number of hydrogen-bond donors (Lipinski definition) is 2. The van der Waals surface area contributed by atoms with Gasteiger partial charge >= 0.3 is 6.03 Å². The van der Waals surface area contributed by atoms with E-state index >= 15 is 0 Å². The Morgan fingerprint density at radius 3 is 3.12 bits per heavy atom. The fourth-order valence-electron chi connectivity index (χ4n) is 2.17. The summed E-state index contributed by atoms with van der Waals surface area (Å²) >= 11 is 2.09. The lowest BCUT2D eigenvalue weighted by Crippen LogP contribution is -2.37. The maximum absolute atomic E-state index is 11.3. The van der Waals surface area contributed by atoms with E-state index in [9.17, 15) is 4.79 Å². The number of urea groups is 1. The standard InChI is InChI=1S/C11H21N3OS/c15-11-13-5-7-14(11)6-4-12-9-10-3-1-2-8-16-10/h10,12H,1-9H2,(H,13,15). The normalized spacial score (nSPS) is 25.9. The van der Waals surface area contributed by atoms with Crippen LogP contribution in [0.1, 0.15) is 19.3 Å². The summed E-state index contributed by atoms with van der Waals surface area (Å²) in [4.78, 5) is 13.1. The Labute approximate surface area is 102 Å². The molecule has 2 aliphatic rings. The van der Waals surface area contributed by atoms with Gasteiger partial charge in [-0.15, -0.1) is 0 Å². The zero-order chi connectivity index (χ0) is 11.2. The summed E-state index contributed by atoms with van der Waals surface area (Å²) in [6.45, 7) is 4.52. The fourth-order valence-corrected chi connectivity index (χ4v) is 3.44. The largest absolute Gasteiger partial charge is 0.336 e. The number of nitrogens with zero attached hydrogens (tertiary/aromatic N) is 1. The van der Waals surface area contributed by atoms with Crippen molar-refractivity contribution in [1.82, 2.24) is 15.5 Å². The van der Waals surface area contributed by atoms with Crippen molar-refractivity contribution in [1.29, 1.82) is 0 Å². The third-order valence-corrected chi connectivity index (χ3v) is 4.55.